The van der Waals surface area contributed by atoms with E-state index in [0.717, 1.165) is 48.1 Å². The van der Waals surface area contributed by atoms with E-state index in [4.69, 9.17) is 4.74 Å². The highest BCUT2D eigenvalue weighted by molar-refractivity contribution is 9.10. The summed E-state index contributed by atoms with van der Waals surface area (Å²) in [6.45, 7) is 2.04. The van der Waals surface area contributed by atoms with Crippen molar-refractivity contribution in [3.05, 3.63) is 28.2 Å². The SMILES string of the molecule is COc1ccc(CC2(O)CCCN(C)CC2)cc1Br. The molecule has 0 radical (unpaired) electrons. The van der Waals surface area contributed by atoms with E-state index in [1.165, 1.54) is 0 Å². The number of halogens is 1. The van der Waals surface area contributed by atoms with Gasteiger partial charge in [0.05, 0.1) is 17.2 Å². The van der Waals surface area contributed by atoms with Gasteiger partial charge in [-0.25, -0.2) is 0 Å². The molecule has 3 nitrogen and oxygen atoms in total. The zero-order chi connectivity index (χ0) is 13.9. The summed E-state index contributed by atoms with van der Waals surface area (Å²) in [7, 11) is 3.78. The maximum atomic E-state index is 10.8. The second-order valence-electron chi connectivity index (χ2n) is 5.53. The lowest BCUT2D eigenvalue weighted by Gasteiger charge is -2.27. The summed E-state index contributed by atoms with van der Waals surface area (Å²) in [6, 6.07) is 6.03. The van der Waals surface area contributed by atoms with Gasteiger partial charge in [0.25, 0.3) is 0 Å². The van der Waals surface area contributed by atoms with Crippen LogP contribution in [0.25, 0.3) is 0 Å². The van der Waals surface area contributed by atoms with Crippen molar-refractivity contribution in [2.75, 3.05) is 27.2 Å². The largest absolute Gasteiger partial charge is 0.496 e. The molecule has 1 N–H and O–H groups in total. The number of methoxy groups -OCH3 is 1. The first kappa shape index (κ1) is 14.8. The van der Waals surface area contributed by atoms with Gasteiger partial charge in [-0.15, -0.1) is 0 Å². The Bertz CT molecular complexity index is 438. The third-order valence-corrected chi connectivity index (χ3v) is 4.51. The van der Waals surface area contributed by atoms with Gasteiger partial charge < -0.3 is 14.7 Å². The van der Waals surface area contributed by atoms with E-state index in [9.17, 15) is 5.11 Å². The van der Waals surface area contributed by atoms with Gasteiger partial charge in [0.1, 0.15) is 5.75 Å². The van der Waals surface area contributed by atoms with Crippen LogP contribution in [0.3, 0.4) is 0 Å². The van der Waals surface area contributed by atoms with Crippen LogP contribution in [0, 0.1) is 0 Å². The molecule has 1 atom stereocenters. The molecule has 1 aromatic rings. The Morgan fingerprint density at radius 2 is 2.16 bits per heavy atom. The van der Waals surface area contributed by atoms with Crippen LogP contribution in [0.2, 0.25) is 0 Å². The van der Waals surface area contributed by atoms with E-state index in [1.54, 1.807) is 7.11 Å². The van der Waals surface area contributed by atoms with E-state index < -0.39 is 5.60 Å². The summed E-state index contributed by atoms with van der Waals surface area (Å²) < 4.78 is 6.18. The number of aliphatic hydroxyl groups is 1. The molecule has 0 spiro atoms. The number of ether oxygens (including phenoxy) is 1. The van der Waals surface area contributed by atoms with Crippen molar-refractivity contribution in [3.63, 3.8) is 0 Å². The summed E-state index contributed by atoms with van der Waals surface area (Å²) in [6.07, 6.45) is 3.49. The van der Waals surface area contributed by atoms with Crippen molar-refractivity contribution >= 4 is 15.9 Å². The highest BCUT2D eigenvalue weighted by Gasteiger charge is 2.29. The Balaban J connectivity index is 2.09. The minimum absolute atomic E-state index is 0.571. The molecule has 0 amide bonds. The first-order valence-corrected chi connectivity index (χ1v) is 7.55. The molecule has 1 aliphatic heterocycles. The topological polar surface area (TPSA) is 32.7 Å². The van der Waals surface area contributed by atoms with Crippen LogP contribution in [0.4, 0.5) is 0 Å². The lowest BCUT2D eigenvalue weighted by molar-refractivity contribution is 0.0263. The van der Waals surface area contributed by atoms with Gasteiger partial charge in [0, 0.05) is 13.0 Å². The van der Waals surface area contributed by atoms with Gasteiger partial charge in [-0.05, 0) is 66.5 Å². The minimum Gasteiger partial charge on any atom is -0.496 e. The van der Waals surface area contributed by atoms with E-state index >= 15 is 0 Å². The molecule has 106 valence electrons. The smallest absolute Gasteiger partial charge is 0.133 e. The number of rotatable bonds is 3. The van der Waals surface area contributed by atoms with Gasteiger partial charge in [0.15, 0.2) is 0 Å². The summed E-state index contributed by atoms with van der Waals surface area (Å²) in [5.41, 5.74) is 0.582. The van der Waals surface area contributed by atoms with Gasteiger partial charge in [-0.1, -0.05) is 6.07 Å². The lowest BCUT2D eigenvalue weighted by Crippen LogP contribution is -2.32. The molecular formula is C15H22BrNO2. The normalized spacial score (nSPS) is 25.1. The minimum atomic E-state index is -0.571. The van der Waals surface area contributed by atoms with Crippen LogP contribution in [-0.4, -0.2) is 42.9 Å². The van der Waals surface area contributed by atoms with Crippen LogP contribution in [0.5, 0.6) is 5.75 Å². The number of hydrogen-bond donors (Lipinski definition) is 1. The number of benzene rings is 1. The zero-order valence-electron chi connectivity index (χ0n) is 11.7. The van der Waals surface area contributed by atoms with Crippen LogP contribution in [-0.2, 0) is 6.42 Å². The van der Waals surface area contributed by atoms with Crippen molar-refractivity contribution in [1.29, 1.82) is 0 Å². The van der Waals surface area contributed by atoms with Crippen molar-refractivity contribution < 1.29 is 9.84 Å². The maximum Gasteiger partial charge on any atom is 0.133 e. The van der Waals surface area contributed by atoms with Gasteiger partial charge >= 0.3 is 0 Å². The summed E-state index contributed by atoms with van der Waals surface area (Å²) >= 11 is 3.50. The lowest BCUT2D eigenvalue weighted by atomic mass is 9.88. The van der Waals surface area contributed by atoms with Crippen LogP contribution < -0.4 is 4.74 Å². The molecule has 1 saturated heterocycles. The molecule has 0 bridgehead atoms. The average molecular weight is 328 g/mol. The summed E-state index contributed by atoms with van der Waals surface area (Å²) in [5, 5.41) is 10.8. The first-order chi connectivity index (χ1) is 9.02. The number of likely N-dealkylation sites (tertiary alicyclic amines) is 1. The fourth-order valence-electron chi connectivity index (χ4n) is 2.69. The van der Waals surface area contributed by atoms with E-state index in [1.807, 2.05) is 18.2 Å². The molecule has 1 fully saturated rings. The van der Waals surface area contributed by atoms with Gasteiger partial charge in [-0.2, -0.15) is 0 Å². The highest BCUT2D eigenvalue weighted by atomic mass is 79.9. The molecule has 1 aromatic carbocycles. The Hall–Kier alpha value is -0.580. The highest BCUT2D eigenvalue weighted by Crippen LogP contribution is 2.30. The standard InChI is InChI=1S/C15H22BrNO2/c1-17-8-3-6-15(18,7-9-17)11-12-4-5-14(19-2)13(16)10-12/h4-5,10,18H,3,6-9,11H2,1-2H3. The van der Waals surface area contributed by atoms with E-state index in [0.29, 0.717) is 6.42 Å². The molecule has 0 aliphatic carbocycles. The molecule has 0 aromatic heterocycles. The molecule has 0 saturated carbocycles. The Morgan fingerprint density at radius 1 is 1.37 bits per heavy atom. The molecule has 19 heavy (non-hydrogen) atoms. The number of nitrogens with zero attached hydrogens (tertiary/aromatic N) is 1. The van der Waals surface area contributed by atoms with Crippen LogP contribution in [0.15, 0.2) is 22.7 Å². The molecule has 1 heterocycles. The van der Waals surface area contributed by atoms with Crippen molar-refractivity contribution in [3.8, 4) is 5.75 Å². The third-order valence-electron chi connectivity index (χ3n) is 3.89. The Morgan fingerprint density at radius 3 is 2.84 bits per heavy atom. The number of hydrogen-bond acceptors (Lipinski definition) is 3. The molecular weight excluding hydrogens is 306 g/mol. The summed E-state index contributed by atoms with van der Waals surface area (Å²) in [4.78, 5) is 2.29. The predicted octanol–water partition coefficient (Wildman–Crippen LogP) is 2.85. The first-order valence-electron chi connectivity index (χ1n) is 6.76. The fourth-order valence-corrected chi connectivity index (χ4v) is 3.28. The van der Waals surface area contributed by atoms with Gasteiger partial charge in [0.2, 0.25) is 0 Å². The van der Waals surface area contributed by atoms with E-state index in [-0.39, 0.29) is 0 Å². The second kappa shape index (κ2) is 6.25. The van der Waals surface area contributed by atoms with Crippen LogP contribution in [0.1, 0.15) is 24.8 Å². The van der Waals surface area contributed by atoms with Crippen LogP contribution >= 0.6 is 15.9 Å². The molecule has 4 heteroatoms. The molecule has 1 aliphatic rings. The van der Waals surface area contributed by atoms with Gasteiger partial charge in [-0.3, -0.25) is 0 Å². The average Bonchev–Trinajstić information content (AvgIpc) is 2.52. The third kappa shape index (κ3) is 3.94. The Labute approximate surface area is 123 Å². The van der Waals surface area contributed by atoms with E-state index in [2.05, 4.69) is 27.9 Å². The predicted molar refractivity (Wildman–Crippen MR) is 80.7 cm³/mol. The molecule has 1 unspecified atom stereocenters. The van der Waals surface area contributed by atoms with Crippen molar-refractivity contribution in [2.24, 2.45) is 0 Å². The monoisotopic (exact) mass is 327 g/mol. The van der Waals surface area contributed by atoms with Crippen molar-refractivity contribution in [2.45, 2.75) is 31.3 Å². The summed E-state index contributed by atoms with van der Waals surface area (Å²) in [5.74, 6) is 0.830. The maximum absolute atomic E-state index is 10.8. The van der Waals surface area contributed by atoms with Crippen molar-refractivity contribution in [1.82, 2.24) is 4.90 Å². The quantitative estimate of drug-likeness (QED) is 0.926. The molecule has 2 rings (SSSR count). The second-order valence-corrected chi connectivity index (χ2v) is 6.38. The zero-order valence-corrected chi connectivity index (χ0v) is 13.2. The fraction of sp³-hybridized carbons (Fsp3) is 0.600. The Kier molecular flexibility index (Phi) is 4.87.